The fourth-order valence-corrected chi connectivity index (χ4v) is 6.30. The zero-order chi connectivity index (χ0) is 22.6. The summed E-state index contributed by atoms with van der Waals surface area (Å²) in [6.45, 7) is 7.61. The van der Waals surface area contributed by atoms with Gasteiger partial charge in [0, 0.05) is 23.8 Å². The van der Waals surface area contributed by atoms with Crippen LogP contribution in [0.5, 0.6) is 11.5 Å². The minimum atomic E-state index is -0.469. The van der Waals surface area contributed by atoms with Gasteiger partial charge in [0.05, 0.1) is 0 Å². The molecule has 0 N–H and O–H groups in total. The third kappa shape index (κ3) is 5.00. The van der Waals surface area contributed by atoms with Crippen LogP contribution in [0.2, 0.25) is 0 Å². The summed E-state index contributed by atoms with van der Waals surface area (Å²) >= 11 is 0. The first-order valence-electron chi connectivity index (χ1n) is 11.5. The molecule has 6 nitrogen and oxygen atoms in total. The van der Waals surface area contributed by atoms with Crippen molar-refractivity contribution < 1.29 is 28.5 Å². The molecule has 0 radical (unpaired) electrons. The molecule has 0 spiro atoms. The predicted octanol–water partition coefficient (Wildman–Crippen LogP) is 4.37. The van der Waals surface area contributed by atoms with E-state index in [2.05, 4.69) is 19.2 Å². The quantitative estimate of drug-likeness (QED) is 0.289. The lowest BCUT2D eigenvalue weighted by Gasteiger charge is -2.57. The average molecular weight is 441 g/mol. The molecule has 4 aliphatic rings. The highest BCUT2D eigenvalue weighted by atomic mass is 16.6. The maximum Gasteiger partial charge on any atom is 0.330 e. The lowest BCUT2D eigenvalue weighted by Crippen LogP contribution is -2.48. The molecule has 1 aromatic rings. The average Bonchev–Trinajstić information content (AvgIpc) is 2.78. The Balaban J connectivity index is 1.48. The first kappa shape index (κ1) is 22.4. The maximum absolute atomic E-state index is 11.3. The topological polar surface area (TPSA) is 71.1 Å². The standard InChI is InChI=1S/C26H32O6/c1-3-24(27)31-9-7-29-21-5-6-22(23(14-21)30-8-10-32-25(28)4-2)26-15-18-11-19(16-26)13-20(12-18)17-26/h3-6,14,18-20H,1-2,7-13,15-17H2. The molecule has 0 unspecified atom stereocenters. The smallest absolute Gasteiger partial charge is 0.330 e. The van der Waals surface area contributed by atoms with E-state index in [1.807, 2.05) is 12.1 Å². The zero-order valence-corrected chi connectivity index (χ0v) is 18.6. The summed E-state index contributed by atoms with van der Waals surface area (Å²) in [4.78, 5) is 22.5. The Bertz CT molecular complexity index is 838. The van der Waals surface area contributed by atoms with E-state index in [0.717, 1.165) is 35.7 Å². The first-order valence-corrected chi connectivity index (χ1v) is 11.5. The highest BCUT2D eigenvalue weighted by Crippen LogP contribution is 2.62. The molecule has 0 aliphatic heterocycles. The molecule has 0 amide bonds. The van der Waals surface area contributed by atoms with E-state index < -0.39 is 11.9 Å². The van der Waals surface area contributed by atoms with Gasteiger partial charge >= 0.3 is 11.9 Å². The van der Waals surface area contributed by atoms with E-state index in [1.165, 1.54) is 44.1 Å². The minimum absolute atomic E-state index is 0.148. The van der Waals surface area contributed by atoms with Gasteiger partial charge in [-0.15, -0.1) is 0 Å². The van der Waals surface area contributed by atoms with E-state index in [0.29, 0.717) is 5.75 Å². The maximum atomic E-state index is 11.3. The Labute approximate surface area is 189 Å². The summed E-state index contributed by atoms with van der Waals surface area (Å²) < 4.78 is 22.0. The minimum Gasteiger partial charge on any atom is -0.490 e. The van der Waals surface area contributed by atoms with Gasteiger partial charge in [-0.2, -0.15) is 0 Å². The van der Waals surface area contributed by atoms with E-state index in [1.54, 1.807) is 0 Å². The highest BCUT2D eigenvalue weighted by Gasteiger charge is 2.52. The molecule has 0 aromatic heterocycles. The van der Waals surface area contributed by atoms with Gasteiger partial charge in [-0.3, -0.25) is 0 Å². The SMILES string of the molecule is C=CC(=O)OCCOc1ccc(C23CC4CC(CC(C4)C2)C3)c(OCCOC(=O)C=C)c1. The fourth-order valence-electron chi connectivity index (χ4n) is 6.30. The molecule has 1 aromatic carbocycles. The van der Waals surface area contributed by atoms with Gasteiger partial charge in [-0.05, 0) is 67.8 Å². The molecular weight excluding hydrogens is 408 g/mol. The van der Waals surface area contributed by atoms with Crippen LogP contribution in [0, 0.1) is 17.8 Å². The third-order valence-electron chi connectivity index (χ3n) is 7.08. The number of benzene rings is 1. The van der Waals surface area contributed by atoms with Crippen molar-refractivity contribution in [3.8, 4) is 11.5 Å². The van der Waals surface area contributed by atoms with Gasteiger partial charge in [-0.1, -0.05) is 19.2 Å². The molecule has 172 valence electrons. The second-order valence-corrected chi connectivity index (χ2v) is 9.30. The number of hydrogen-bond acceptors (Lipinski definition) is 6. The zero-order valence-electron chi connectivity index (χ0n) is 18.6. The lowest BCUT2D eigenvalue weighted by atomic mass is 9.48. The van der Waals surface area contributed by atoms with Crippen molar-refractivity contribution >= 4 is 11.9 Å². The Kier molecular flexibility index (Phi) is 6.87. The molecule has 0 heterocycles. The number of carbonyl (C=O) groups is 2. The molecule has 4 saturated carbocycles. The van der Waals surface area contributed by atoms with Crippen molar-refractivity contribution in [1.82, 2.24) is 0 Å². The van der Waals surface area contributed by atoms with E-state index >= 15 is 0 Å². The Hall–Kier alpha value is -2.76. The summed E-state index contributed by atoms with van der Waals surface area (Å²) in [6, 6.07) is 6.04. The molecule has 0 atom stereocenters. The number of ether oxygens (including phenoxy) is 4. The second-order valence-electron chi connectivity index (χ2n) is 9.30. The van der Waals surface area contributed by atoms with Crippen molar-refractivity contribution in [2.24, 2.45) is 17.8 Å². The Morgan fingerprint density at radius 2 is 1.38 bits per heavy atom. The molecule has 5 rings (SSSR count). The second kappa shape index (κ2) is 9.80. The number of hydrogen-bond donors (Lipinski definition) is 0. The van der Waals surface area contributed by atoms with Crippen LogP contribution in [0.4, 0.5) is 0 Å². The van der Waals surface area contributed by atoms with Crippen LogP contribution in [-0.2, 0) is 24.5 Å². The van der Waals surface area contributed by atoms with Crippen molar-refractivity contribution in [3.05, 3.63) is 49.1 Å². The van der Waals surface area contributed by atoms with E-state index in [4.69, 9.17) is 18.9 Å². The van der Waals surface area contributed by atoms with Crippen LogP contribution in [0.15, 0.2) is 43.5 Å². The number of rotatable bonds is 11. The third-order valence-corrected chi connectivity index (χ3v) is 7.08. The number of esters is 2. The molecule has 0 saturated heterocycles. The van der Waals surface area contributed by atoms with Gasteiger partial charge in [0.15, 0.2) is 0 Å². The van der Waals surface area contributed by atoms with Crippen molar-refractivity contribution in [3.63, 3.8) is 0 Å². The van der Waals surface area contributed by atoms with Crippen molar-refractivity contribution in [2.75, 3.05) is 26.4 Å². The summed E-state index contributed by atoms with van der Waals surface area (Å²) in [7, 11) is 0. The summed E-state index contributed by atoms with van der Waals surface area (Å²) in [5.74, 6) is 2.98. The molecular formula is C26H32O6. The van der Waals surface area contributed by atoms with Crippen LogP contribution in [-0.4, -0.2) is 38.4 Å². The van der Waals surface area contributed by atoms with Crippen LogP contribution < -0.4 is 9.47 Å². The Morgan fingerprint density at radius 3 is 1.91 bits per heavy atom. The van der Waals surface area contributed by atoms with Gasteiger partial charge in [0.25, 0.3) is 0 Å². The Morgan fingerprint density at radius 1 is 0.844 bits per heavy atom. The fraction of sp³-hybridized carbons (Fsp3) is 0.538. The van der Waals surface area contributed by atoms with Gasteiger partial charge in [0.1, 0.15) is 37.9 Å². The summed E-state index contributed by atoms with van der Waals surface area (Å²) in [5.41, 5.74) is 1.41. The van der Waals surface area contributed by atoms with Crippen molar-refractivity contribution in [2.45, 2.75) is 43.9 Å². The van der Waals surface area contributed by atoms with E-state index in [-0.39, 0.29) is 31.8 Å². The van der Waals surface area contributed by atoms with E-state index in [9.17, 15) is 9.59 Å². The monoisotopic (exact) mass is 440 g/mol. The van der Waals surface area contributed by atoms with Gasteiger partial charge in [0.2, 0.25) is 0 Å². The molecule has 4 bridgehead atoms. The van der Waals surface area contributed by atoms with Crippen LogP contribution >= 0.6 is 0 Å². The largest absolute Gasteiger partial charge is 0.490 e. The first-order chi connectivity index (χ1) is 15.5. The molecule has 6 heteroatoms. The van der Waals surface area contributed by atoms with Gasteiger partial charge < -0.3 is 18.9 Å². The molecule has 32 heavy (non-hydrogen) atoms. The number of carbonyl (C=O) groups excluding carboxylic acids is 2. The van der Waals surface area contributed by atoms with Crippen molar-refractivity contribution in [1.29, 1.82) is 0 Å². The molecule has 4 aliphatic carbocycles. The van der Waals surface area contributed by atoms with Crippen LogP contribution in [0.25, 0.3) is 0 Å². The van der Waals surface area contributed by atoms with Crippen LogP contribution in [0.1, 0.15) is 44.1 Å². The molecule has 4 fully saturated rings. The normalized spacial score (nSPS) is 27.4. The van der Waals surface area contributed by atoms with Crippen LogP contribution in [0.3, 0.4) is 0 Å². The lowest BCUT2D eigenvalue weighted by molar-refractivity contribution is -0.139. The summed E-state index contributed by atoms with van der Waals surface area (Å²) in [5, 5.41) is 0. The van der Waals surface area contributed by atoms with Gasteiger partial charge in [-0.25, -0.2) is 9.59 Å². The highest BCUT2D eigenvalue weighted by molar-refractivity contribution is 5.81. The predicted molar refractivity (Wildman–Crippen MR) is 120 cm³/mol. The summed E-state index contributed by atoms with van der Waals surface area (Å²) in [6.07, 6.45) is 10.1.